The Hall–Kier alpha value is -1.63. The van der Waals surface area contributed by atoms with E-state index in [0.29, 0.717) is 4.48 Å². The molecule has 0 heterocycles. The molecular formula is C19H19BrF3NO. The van der Waals surface area contributed by atoms with Gasteiger partial charge in [-0.15, -0.1) is 0 Å². The summed E-state index contributed by atoms with van der Waals surface area (Å²) in [7, 11) is 1.56. The number of rotatable bonds is 6. The van der Waals surface area contributed by atoms with Crippen LogP contribution in [-0.2, 0) is 6.54 Å². The molecule has 1 N–H and O–H groups in total. The van der Waals surface area contributed by atoms with E-state index in [0.717, 1.165) is 11.1 Å². The molecule has 25 heavy (non-hydrogen) atoms. The Morgan fingerprint density at radius 2 is 1.60 bits per heavy atom. The van der Waals surface area contributed by atoms with Gasteiger partial charge in [-0.2, -0.15) is 13.2 Å². The van der Waals surface area contributed by atoms with Crippen molar-refractivity contribution in [1.82, 2.24) is 4.90 Å². The zero-order valence-electron chi connectivity index (χ0n) is 13.6. The van der Waals surface area contributed by atoms with Crippen molar-refractivity contribution >= 4 is 20.4 Å². The summed E-state index contributed by atoms with van der Waals surface area (Å²) in [6.07, 6.45) is -5.80. The maximum Gasteiger partial charge on any atom is 0.416 e. The first-order chi connectivity index (χ1) is 11.8. The van der Waals surface area contributed by atoms with Crippen molar-refractivity contribution in [1.29, 1.82) is 0 Å². The lowest BCUT2D eigenvalue weighted by molar-refractivity contribution is -0.216. The molecule has 2 aromatic carbocycles. The summed E-state index contributed by atoms with van der Waals surface area (Å²) in [5.74, 6) is 0. The van der Waals surface area contributed by atoms with Gasteiger partial charge in [0.05, 0.1) is 6.04 Å². The lowest BCUT2D eigenvalue weighted by Gasteiger charge is -2.31. The Labute approximate surface area is 153 Å². The summed E-state index contributed by atoms with van der Waals surface area (Å²) in [6.45, 7) is 0.282. The first-order valence-corrected chi connectivity index (χ1v) is 8.50. The van der Waals surface area contributed by atoms with Gasteiger partial charge in [-0.1, -0.05) is 76.6 Å². The van der Waals surface area contributed by atoms with Crippen LogP contribution in [0.5, 0.6) is 0 Å². The summed E-state index contributed by atoms with van der Waals surface area (Å²) in [5, 5.41) is 9.86. The minimum absolute atomic E-state index is 0.282. The Bertz CT molecular complexity index is 689. The lowest BCUT2D eigenvalue weighted by Crippen LogP contribution is -2.47. The number of halogens is 4. The quantitative estimate of drug-likeness (QED) is 0.731. The van der Waals surface area contributed by atoms with E-state index in [1.54, 1.807) is 31.3 Å². The van der Waals surface area contributed by atoms with Gasteiger partial charge in [-0.3, -0.25) is 4.90 Å². The second kappa shape index (κ2) is 8.65. The van der Waals surface area contributed by atoms with Crippen LogP contribution in [0.25, 0.3) is 4.48 Å². The zero-order valence-corrected chi connectivity index (χ0v) is 15.2. The monoisotopic (exact) mass is 413 g/mol. The first kappa shape index (κ1) is 19.7. The maximum atomic E-state index is 13.1. The van der Waals surface area contributed by atoms with Gasteiger partial charge in [0.25, 0.3) is 0 Å². The average molecular weight is 414 g/mol. The highest BCUT2D eigenvalue weighted by Gasteiger charge is 2.44. The topological polar surface area (TPSA) is 23.5 Å². The fourth-order valence-electron chi connectivity index (χ4n) is 2.47. The molecule has 0 unspecified atom stereocenters. The van der Waals surface area contributed by atoms with Gasteiger partial charge in [-0.05, 0) is 24.3 Å². The molecule has 0 spiro atoms. The van der Waals surface area contributed by atoms with E-state index in [9.17, 15) is 18.3 Å². The Morgan fingerprint density at radius 3 is 2.12 bits per heavy atom. The molecule has 2 rings (SSSR count). The van der Waals surface area contributed by atoms with Gasteiger partial charge in [0.1, 0.15) is 0 Å². The fraction of sp³-hybridized carbons (Fsp3) is 0.263. The molecular weight excluding hydrogens is 395 g/mol. The van der Waals surface area contributed by atoms with E-state index >= 15 is 0 Å². The lowest BCUT2D eigenvalue weighted by atomic mass is 10.1. The van der Waals surface area contributed by atoms with Crippen molar-refractivity contribution in [3.63, 3.8) is 0 Å². The van der Waals surface area contributed by atoms with Gasteiger partial charge in [0.15, 0.2) is 6.10 Å². The van der Waals surface area contributed by atoms with Crippen molar-refractivity contribution < 1.29 is 18.3 Å². The molecule has 0 aromatic heterocycles. The number of benzene rings is 2. The van der Waals surface area contributed by atoms with Gasteiger partial charge < -0.3 is 5.11 Å². The van der Waals surface area contributed by atoms with Gasteiger partial charge in [0, 0.05) is 11.0 Å². The van der Waals surface area contributed by atoms with E-state index in [-0.39, 0.29) is 6.54 Å². The summed E-state index contributed by atoms with van der Waals surface area (Å²) < 4.78 is 39.9. The summed E-state index contributed by atoms with van der Waals surface area (Å²) in [5.41, 5.74) is 1.61. The second-order valence-electron chi connectivity index (χ2n) is 5.76. The molecule has 0 amide bonds. The smallest absolute Gasteiger partial charge is 0.382 e. The Kier molecular flexibility index (Phi) is 6.81. The van der Waals surface area contributed by atoms with E-state index in [1.165, 1.54) is 11.0 Å². The van der Waals surface area contributed by atoms with Crippen LogP contribution in [0.3, 0.4) is 0 Å². The van der Waals surface area contributed by atoms with Crippen LogP contribution < -0.4 is 0 Å². The molecule has 2 atom stereocenters. The molecule has 0 fully saturated rings. The largest absolute Gasteiger partial charge is 0.416 e. The molecule has 0 saturated carbocycles. The van der Waals surface area contributed by atoms with Crippen molar-refractivity contribution in [3.8, 4) is 0 Å². The standard InChI is InChI=1S/C19H19BrF3NO/c1-24(13-14-8-4-2-5-9-14)17(18(25)19(21,22)23)12-16(20)15-10-6-3-7-11-15/h2-12,17-18,25H,13H2,1H3/b16-12-/t17-,18-/m0/s1. The van der Waals surface area contributed by atoms with Crippen LogP contribution in [0.4, 0.5) is 13.2 Å². The molecule has 6 heteroatoms. The van der Waals surface area contributed by atoms with Gasteiger partial charge in [-0.25, -0.2) is 0 Å². The molecule has 0 saturated heterocycles. The highest BCUT2D eigenvalue weighted by Crippen LogP contribution is 2.29. The van der Waals surface area contributed by atoms with Gasteiger partial charge in [0.2, 0.25) is 0 Å². The second-order valence-corrected chi connectivity index (χ2v) is 6.61. The van der Waals surface area contributed by atoms with Crippen molar-refractivity contribution in [2.24, 2.45) is 0 Å². The van der Waals surface area contributed by atoms with Crippen molar-refractivity contribution in [3.05, 3.63) is 77.9 Å². The highest BCUT2D eigenvalue weighted by molar-refractivity contribution is 9.15. The molecule has 0 aliphatic heterocycles. The Balaban J connectivity index is 2.29. The van der Waals surface area contributed by atoms with Gasteiger partial charge >= 0.3 is 6.18 Å². The van der Waals surface area contributed by atoms with Crippen LogP contribution >= 0.6 is 15.9 Å². The number of likely N-dealkylation sites (N-methyl/N-ethyl adjacent to an activating group) is 1. The third kappa shape index (κ3) is 5.70. The fourth-order valence-corrected chi connectivity index (χ4v) is 3.01. The number of alkyl halides is 3. The predicted octanol–water partition coefficient (Wildman–Crippen LogP) is 4.85. The van der Waals surface area contributed by atoms with Crippen LogP contribution in [0, 0.1) is 0 Å². The number of hydrogen-bond acceptors (Lipinski definition) is 2. The zero-order chi connectivity index (χ0) is 18.4. The van der Waals surface area contributed by atoms with E-state index < -0.39 is 18.3 Å². The third-order valence-corrected chi connectivity index (χ3v) is 4.53. The summed E-state index contributed by atoms with van der Waals surface area (Å²) in [4.78, 5) is 1.48. The van der Waals surface area contributed by atoms with E-state index in [1.807, 2.05) is 36.4 Å². The molecule has 0 aliphatic rings. The van der Waals surface area contributed by atoms with Crippen molar-refractivity contribution in [2.75, 3.05) is 7.05 Å². The number of nitrogens with zero attached hydrogens (tertiary/aromatic N) is 1. The predicted molar refractivity (Wildman–Crippen MR) is 97.1 cm³/mol. The molecule has 0 radical (unpaired) electrons. The summed E-state index contributed by atoms with van der Waals surface area (Å²) >= 11 is 3.33. The van der Waals surface area contributed by atoms with Crippen LogP contribution in [0.1, 0.15) is 11.1 Å². The molecule has 134 valence electrons. The Morgan fingerprint density at radius 1 is 1.08 bits per heavy atom. The van der Waals surface area contributed by atoms with Crippen LogP contribution in [0.15, 0.2) is 66.7 Å². The SMILES string of the molecule is CN(Cc1ccccc1)[C@@H](/C=C(\Br)c1ccccc1)[C@H](O)C(F)(F)F. The van der Waals surface area contributed by atoms with Crippen LogP contribution in [-0.4, -0.2) is 35.4 Å². The number of aliphatic hydroxyl groups excluding tert-OH is 1. The molecule has 2 nitrogen and oxygen atoms in total. The summed E-state index contributed by atoms with van der Waals surface area (Å²) in [6, 6.07) is 16.9. The average Bonchev–Trinajstić information content (AvgIpc) is 2.59. The molecule has 2 aromatic rings. The third-order valence-electron chi connectivity index (χ3n) is 3.81. The van der Waals surface area contributed by atoms with E-state index in [2.05, 4.69) is 15.9 Å². The number of aliphatic hydroxyl groups is 1. The minimum Gasteiger partial charge on any atom is -0.382 e. The number of hydrogen-bond donors (Lipinski definition) is 1. The minimum atomic E-state index is -4.71. The normalized spacial score (nSPS) is 15.2. The molecule has 0 aliphatic carbocycles. The maximum absolute atomic E-state index is 13.1. The first-order valence-electron chi connectivity index (χ1n) is 7.70. The van der Waals surface area contributed by atoms with Crippen LogP contribution in [0.2, 0.25) is 0 Å². The van der Waals surface area contributed by atoms with Crippen molar-refractivity contribution in [2.45, 2.75) is 24.9 Å². The van der Waals surface area contributed by atoms with E-state index in [4.69, 9.17) is 0 Å². The highest BCUT2D eigenvalue weighted by atomic mass is 79.9. The molecule has 0 bridgehead atoms.